The number of amides is 2. The van der Waals surface area contributed by atoms with Gasteiger partial charge in [0.25, 0.3) is 0 Å². The topological polar surface area (TPSA) is 63.4 Å². The van der Waals surface area contributed by atoms with E-state index in [1.807, 2.05) is 24.3 Å². The summed E-state index contributed by atoms with van der Waals surface area (Å²) in [6.07, 6.45) is 3.15. The van der Waals surface area contributed by atoms with E-state index in [-0.39, 0.29) is 17.7 Å². The number of anilines is 1. The monoisotopic (exact) mass is 270 g/mol. The molecule has 20 heavy (non-hydrogen) atoms. The van der Waals surface area contributed by atoms with Gasteiger partial charge in [-0.1, -0.05) is 12.1 Å². The van der Waals surface area contributed by atoms with E-state index in [9.17, 15) is 9.59 Å². The van der Waals surface area contributed by atoms with Crippen LogP contribution in [-0.4, -0.2) is 23.8 Å². The first kappa shape index (κ1) is 11.9. The molecule has 4 unspecified atom stereocenters. The van der Waals surface area contributed by atoms with Crippen LogP contribution < -0.4 is 5.73 Å². The number of nitrogens with two attached hydrogens (primary N) is 1. The zero-order valence-corrected chi connectivity index (χ0v) is 11.5. The minimum Gasteiger partial charge on any atom is -0.399 e. The number of fused-ring (bicyclic) bond motifs is 5. The molecule has 2 bridgehead atoms. The van der Waals surface area contributed by atoms with Crippen molar-refractivity contribution in [1.29, 1.82) is 0 Å². The van der Waals surface area contributed by atoms with E-state index in [2.05, 4.69) is 0 Å². The third-order valence-corrected chi connectivity index (χ3v) is 5.72. The highest BCUT2D eigenvalue weighted by Gasteiger charge is 2.70. The van der Waals surface area contributed by atoms with Crippen LogP contribution in [0.25, 0.3) is 0 Å². The van der Waals surface area contributed by atoms with Crippen molar-refractivity contribution in [1.82, 2.24) is 4.90 Å². The summed E-state index contributed by atoms with van der Waals surface area (Å²) >= 11 is 0. The smallest absolute Gasteiger partial charge is 0.240 e. The Morgan fingerprint density at radius 3 is 2.60 bits per heavy atom. The summed E-state index contributed by atoms with van der Waals surface area (Å²) in [5, 5.41) is 0. The summed E-state index contributed by atoms with van der Waals surface area (Å²) in [5.74, 6) is 0.535. The Balaban J connectivity index is 1.94. The molecule has 2 N–H and O–H groups in total. The maximum atomic E-state index is 12.9. The van der Waals surface area contributed by atoms with E-state index < -0.39 is 5.41 Å². The third-order valence-electron chi connectivity index (χ3n) is 5.72. The first-order valence-electron chi connectivity index (χ1n) is 7.25. The van der Waals surface area contributed by atoms with Crippen LogP contribution in [0, 0.1) is 17.8 Å². The van der Waals surface area contributed by atoms with Gasteiger partial charge in [-0.2, -0.15) is 0 Å². The van der Waals surface area contributed by atoms with Crippen molar-refractivity contribution in [2.24, 2.45) is 17.8 Å². The van der Waals surface area contributed by atoms with Crippen LogP contribution in [0.15, 0.2) is 24.3 Å². The first-order chi connectivity index (χ1) is 9.56. The molecule has 4 atom stereocenters. The lowest BCUT2D eigenvalue weighted by Crippen LogP contribution is -2.44. The van der Waals surface area contributed by atoms with Crippen LogP contribution >= 0.6 is 0 Å². The molecule has 0 radical (unpaired) electrons. The van der Waals surface area contributed by atoms with Crippen LogP contribution in [0.1, 0.15) is 24.8 Å². The molecule has 4 heteroatoms. The fourth-order valence-electron chi connectivity index (χ4n) is 4.95. The number of nitrogen functional groups attached to an aromatic ring is 1. The number of carbonyl (C=O) groups excluding carboxylic acids is 2. The molecule has 4 rings (SSSR count). The molecule has 4 nitrogen and oxygen atoms in total. The Labute approximate surface area is 117 Å². The summed E-state index contributed by atoms with van der Waals surface area (Å²) in [6.45, 7) is 0. The van der Waals surface area contributed by atoms with Crippen LogP contribution in [0.4, 0.5) is 5.69 Å². The van der Waals surface area contributed by atoms with Gasteiger partial charge in [0.15, 0.2) is 0 Å². The second kappa shape index (κ2) is 3.62. The molecule has 1 saturated heterocycles. The number of hydrogen-bond donors (Lipinski definition) is 1. The summed E-state index contributed by atoms with van der Waals surface area (Å²) in [5.41, 5.74) is 6.82. The standard InChI is InChI=1S/C16H18N2O2/c1-18-14(19)13-9-2-3-11(8-9)16(13,15(18)20)10-4-6-12(17)7-5-10/h4-7,9,11,13H,2-3,8,17H2,1H3. The third kappa shape index (κ3) is 1.14. The number of imide groups is 1. The van der Waals surface area contributed by atoms with E-state index in [0.29, 0.717) is 17.5 Å². The minimum absolute atomic E-state index is 0.00975. The maximum Gasteiger partial charge on any atom is 0.240 e. The number of likely N-dealkylation sites (N-methyl/N-ethyl adjacent to an activating group) is 1. The van der Waals surface area contributed by atoms with Gasteiger partial charge in [0.2, 0.25) is 11.8 Å². The lowest BCUT2D eigenvalue weighted by atomic mass is 9.63. The van der Waals surface area contributed by atoms with Crippen LogP contribution in [0.2, 0.25) is 0 Å². The zero-order chi connectivity index (χ0) is 14.1. The Morgan fingerprint density at radius 1 is 1.20 bits per heavy atom. The number of carbonyl (C=O) groups is 2. The number of rotatable bonds is 1. The summed E-state index contributed by atoms with van der Waals surface area (Å²) in [4.78, 5) is 26.7. The molecule has 0 spiro atoms. The van der Waals surface area contributed by atoms with Crippen LogP contribution in [-0.2, 0) is 15.0 Å². The van der Waals surface area contributed by atoms with Crippen molar-refractivity contribution in [2.75, 3.05) is 12.8 Å². The average Bonchev–Trinajstić information content (AvgIpc) is 3.09. The molecule has 2 amide bonds. The van der Waals surface area contributed by atoms with Crippen LogP contribution in [0.5, 0.6) is 0 Å². The molecule has 1 aromatic rings. The Hall–Kier alpha value is -1.84. The van der Waals surface area contributed by atoms with E-state index in [0.717, 1.165) is 24.8 Å². The Kier molecular flexibility index (Phi) is 2.16. The highest BCUT2D eigenvalue weighted by Crippen LogP contribution is 2.64. The van der Waals surface area contributed by atoms with Gasteiger partial charge < -0.3 is 5.73 Å². The molecule has 1 aromatic carbocycles. The summed E-state index contributed by atoms with van der Waals surface area (Å²) in [7, 11) is 1.63. The van der Waals surface area contributed by atoms with Gasteiger partial charge in [-0.25, -0.2) is 0 Å². The van der Waals surface area contributed by atoms with Crippen molar-refractivity contribution in [3.8, 4) is 0 Å². The molecular weight excluding hydrogens is 252 g/mol. The Morgan fingerprint density at radius 2 is 1.90 bits per heavy atom. The van der Waals surface area contributed by atoms with E-state index in [1.54, 1.807) is 7.05 Å². The lowest BCUT2D eigenvalue weighted by molar-refractivity contribution is -0.139. The van der Waals surface area contributed by atoms with Crippen molar-refractivity contribution in [3.63, 3.8) is 0 Å². The second-order valence-corrected chi connectivity index (χ2v) is 6.44. The molecular formula is C16H18N2O2. The molecule has 2 aliphatic carbocycles. The van der Waals surface area contributed by atoms with Gasteiger partial charge in [-0.05, 0) is 48.8 Å². The highest BCUT2D eigenvalue weighted by atomic mass is 16.2. The predicted molar refractivity (Wildman–Crippen MR) is 74.6 cm³/mol. The molecule has 1 aliphatic heterocycles. The maximum absolute atomic E-state index is 12.9. The van der Waals surface area contributed by atoms with E-state index in [1.165, 1.54) is 4.90 Å². The fraction of sp³-hybridized carbons (Fsp3) is 0.500. The predicted octanol–water partition coefficient (Wildman–Crippen LogP) is 1.55. The van der Waals surface area contributed by atoms with Crippen molar-refractivity contribution >= 4 is 17.5 Å². The van der Waals surface area contributed by atoms with Gasteiger partial charge in [-0.15, -0.1) is 0 Å². The highest BCUT2D eigenvalue weighted by molar-refractivity contribution is 6.11. The largest absolute Gasteiger partial charge is 0.399 e. The molecule has 2 saturated carbocycles. The van der Waals surface area contributed by atoms with Crippen molar-refractivity contribution in [2.45, 2.75) is 24.7 Å². The van der Waals surface area contributed by atoms with E-state index >= 15 is 0 Å². The SMILES string of the molecule is CN1C(=O)C2C3CCC(C3)C2(c2ccc(N)cc2)C1=O. The van der Waals surface area contributed by atoms with Gasteiger partial charge >= 0.3 is 0 Å². The van der Waals surface area contributed by atoms with Gasteiger partial charge in [0.1, 0.15) is 0 Å². The Bertz CT molecular complexity index is 609. The van der Waals surface area contributed by atoms with Crippen molar-refractivity contribution < 1.29 is 9.59 Å². The van der Waals surface area contributed by atoms with Crippen LogP contribution in [0.3, 0.4) is 0 Å². The number of nitrogens with zero attached hydrogens (tertiary/aromatic N) is 1. The summed E-state index contributed by atoms with van der Waals surface area (Å²) in [6, 6.07) is 7.55. The number of benzene rings is 1. The van der Waals surface area contributed by atoms with Crippen molar-refractivity contribution in [3.05, 3.63) is 29.8 Å². The summed E-state index contributed by atoms with van der Waals surface area (Å²) < 4.78 is 0. The fourth-order valence-corrected chi connectivity index (χ4v) is 4.95. The first-order valence-corrected chi connectivity index (χ1v) is 7.25. The van der Waals surface area contributed by atoms with Gasteiger partial charge in [0, 0.05) is 12.7 Å². The van der Waals surface area contributed by atoms with Gasteiger partial charge in [0.05, 0.1) is 11.3 Å². The average molecular weight is 270 g/mol. The molecule has 3 aliphatic rings. The normalized spacial score (nSPS) is 38.6. The molecule has 104 valence electrons. The van der Waals surface area contributed by atoms with Gasteiger partial charge in [-0.3, -0.25) is 14.5 Å². The quantitative estimate of drug-likeness (QED) is 0.622. The zero-order valence-electron chi connectivity index (χ0n) is 11.5. The molecule has 0 aromatic heterocycles. The minimum atomic E-state index is -0.609. The number of hydrogen-bond acceptors (Lipinski definition) is 3. The molecule has 1 heterocycles. The van der Waals surface area contributed by atoms with E-state index in [4.69, 9.17) is 5.73 Å². The second-order valence-electron chi connectivity index (χ2n) is 6.44. The lowest BCUT2D eigenvalue weighted by Gasteiger charge is -2.36. The number of likely N-dealkylation sites (tertiary alicyclic amines) is 1. The molecule has 3 fully saturated rings.